The van der Waals surface area contributed by atoms with Gasteiger partial charge in [-0.3, -0.25) is 4.79 Å². The Bertz CT molecular complexity index is 1280. The zero-order valence-corrected chi connectivity index (χ0v) is 20.4. The monoisotopic (exact) mass is 466 g/mol. The average molecular weight is 467 g/mol. The summed E-state index contributed by atoms with van der Waals surface area (Å²) in [7, 11) is -3.63. The lowest BCUT2D eigenvalue weighted by Gasteiger charge is -2.26. The van der Waals surface area contributed by atoms with Crippen molar-refractivity contribution in [2.75, 3.05) is 18.4 Å². The third kappa shape index (κ3) is 4.86. The standard InChI is InChI=1S/C25H30N4O3S/c1-17-12-18(2)14-21(13-17)29-24(15-20(4)27-29)26-25(30)23-16-22(9-8-19(23)3)33(31,32)28-10-6-5-7-11-28/h8-9,12-16H,5-7,10-11H2,1-4H3,(H,26,30). The Labute approximate surface area is 195 Å². The maximum absolute atomic E-state index is 13.3. The lowest BCUT2D eigenvalue weighted by atomic mass is 10.1. The van der Waals surface area contributed by atoms with E-state index in [9.17, 15) is 13.2 Å². The predicted molar refractivity (Wildman–Crippen MR) is 130 cm³/mol. The van der Waals surface area contributed by atoms with Gasteiger partial charge in [0.1, 0.15) is 5.82 Å². The Morgan fingerprint density at radius 2 is 1.58 bits per heavy atom. The van der Waals surface area contributed by atoms with Crippen LogP contribution in [0, 0.1) is 27.7 Å². The van der Waals surface area contributed by atoms with E-state index in [0.717, 1.165) is 41.8 Å². The molecule has 3 aromatic rings. The van der Waals surface area contributed by atoms with Gasteiger partial charge in [0.15, 0.2) is 0 Å². The summed E-state index contributed by atoms with van der Waals surface area (Å²) in [5.41, 5.74) is 4.86. The average Bonchev–Trinajstić information content (AvgIpc) is 3.13. The number of nitrogens with zero attached hydrogens (tertiary/aromatic N) is 3. The Hall–Kier alpha value is -2.97. The summed E-state index contributed by atoms with van der Waals surface area (Å²) in [5.74, 6) is 0.167. The first-order valence-corrected chi connectivity index (χ1v) is 12.7. The van der Waals surface area contributed by atoms with Gasteiger partial charge in [-0.1, -0.05) is 18.6 Å². The molecular formula is C25H30N4O3S. The molecule has 1 aliphatic rings. The minimum atomic E-state index is -3.63. The van der Waals surface area contributed by atoms with E-state index < -0.39 is 10.0 Å². The molecule has 1 fully saturated rings. The lowest BCUT2D eigenvalue weighted by Crippen LogP contribution is -2.35. The van der Waals surface area contributed by atoms with Crippen LogP contribution in [0.1, 0.15) is 52.0 Å². The van der Waals surface area contributed by atoms with E-state index in [-0.39, 0.29) is 10.8 Å². The number of nitrogens with one attached hydrogen (secondary N) is 1. The summed E-state index contributed by atoms with van der Waals surface area (Å²) < 4.78 is 29.5. The zero-order valence-electron chi connectivity index (χ0n) is 19.6. The molecule has 0 atom stereocenters. The van der Waals surface area contributed by atoms with Gasteiger partial charge < -0.3 is 5.32 Å². The molecule has 1 amide bonds. The Balaban J connectivity index is 1.66. The first kappa shape index (κ1) is 23.2. The van der Waals surface area contributed by atoms with Gasteiger partial charge in [-0.2, -0.15) is 9.40 Å². The number of hydrogen-bond acceptors (Lipinski definition) is 4. The van der Waals surface area contributed by atoms with Crippen LogP contribution in [0.2, 0.25) is 0 Å². The topological polar surface area (TPSA) is 84.3 Å². The van der Waals surface area contributed by atoms with Gasteiger partial charge in [0.05, 0.1) is 16.3 Å². The molecule has 1 aromatic heterocycles. The maximum Gasteiger partial charge on any atom is 0.257 e. The highest BCUT2D eigenvalue weighted by Crippen LogP contribution is 2.25. The third-order valence-electron chi connectivity index (χ3n) is 5.93. The second kappa shape index (κ2) is 9.11. The van der Waals surface area contributed by atoms with Gasteiger partial charge in [0.2, 0.25) is 10.0 Å². The van der Waals surface area contributed by atoms with Gasteiger partial charge in [0.25, 0.3) is 5.91 Å². The van der Waals surface area contributed by atoms with Crippen molar-refractivity contribution in [1.29, 1.82) is 0 Å². The fraction of sp³-hybridized carbons (Fsp3) is 0.360. The van der Waals surface area contributed by atoms with Crippen molar-refractivity contribution in [3.63, 3.8) is 0 Å². The van der Waals surface area contributed by atoms with Crippen molar-refractivity contribution in [1.82, 2.24) is 14.1 Å². The van der Waals surface area contributed by atoms with Crippen molar-refractivity contribution >= 4 is 21.7 Å². The van der Waals surface area contributed by atoms with Crippen LogP contribution in [-0.4, -0.2) is 41.5 Å². The molecule has 0 radical (unpaired) electrons. The molecule has 1 N–H and O–H groups in total. The minimum Gasteiger partial charge on any atom is -0.306 e. The number of aryl methyl sites for hydroxylation is 4. The summed E-state index contributed by atoms with van der Waals surface area (Å²) >= 11 is 0. The van der Waals surface area contributed by atoms with Crippen LogP contribution >= 0.6 is 0 Å². The third-order valence-corrected chi connectivity index (χ3v) is 7.83. The number of carbonyl (C=O) groups is 1. The normalized spacial score (nSPS) is 14.9. The van der Waals surface area contributed by atoms with Gasteiger partial charge in [-0.15, -0.1) is 0 Å². The first-order valence-electron chi connectivity index (χ1n) is 11.2. The van der Waals surface area contributed by atoms with Gasteiger partial charge in [0, 0.05) is 24.7 Å². The Kier molecular flexibility index (Phi) is 6.41. The molecule has 0 bridgehead atoms. The van der Waals surface area contributed by atoms with E-state index in [2.05, 4.69) is 16.5 Å². The van der Waals surface area contributed by atoms with Crippen LogP contribution < -0.4 is 5.32 Å². The summed E-state index contributed by atoms with van der Waals surface area (Å²) in [6.45, 7) is 8.74. The number of aromatic nitrogens is 2. The number of anilines is 1. The van der Waals surface area contributed by atoms with Crippen molar-refractivity contribution in [2.45, 2.75) is 51.9 Å². The summed E-state index contributed by atoms with van der Waals surface area (Å²) in [5, 5.41) is 7.49. The number of amides is 1. The van der Waals surface area contributed by atoms with Crippen LogP contribution in [-0.2, 0) is 10.0 Å². The molecule has 1 aliphatic heterocycles. The van der Waals surface area contributed by atoms with Gasteiger partial charge >= 0.3 is 0 Å². The van der Waals surface area contributed by atoms with Crippen LogP contribution in [0.25, 0.3) is 5.69 Å². The highest BCUT2D eigenvalue weighted by Gasteiger charge is 2.27. The van der Waals surface area contributed by atoms with Crippen LogP contribution in [0.5, 0.6) is 0 Å². The molecule has 8 heteroatoms. The van der Waals surface area contributed by atoms with E-state index in [1.165, 1.54) is 10.4 Å². The van der Waals surface area contributed by atoms with Crippen molar-refractivity contribution in [3.8, 4) is 5.69 Å². The lowest BCUT2D eigenvalue weighted by molar-refractivity contribution is 0.102. The van der Waals surface area contributed by atoms with Crippen molar-refractivity contribution in [3.05, 3.63) is 70.4 Å². The summed E-state index contributed by atoms with van der Waals surface area (Å²) in [4.78, 5) is 13.4. The molecular weight excluding hydrogens is 436 g/mol. The van der Waals surface area contributed by atoms with Crippen LogP contribution in [0.15, 0.2) is 47.4 Å². The highest BCUT2D eigenvalue weighted by molar-refractivity contribution is 7.89. The molecule has 0 spiro atoms. The number of sulfonamides is 1. The summed E-state index contributed by atoms with van der Waals surface area (Å²) in [6.07, 6.45) is 2.77. The number of benzene rings is 2. The van der Waals surface area contributed by atoms with Crippen LogP contribution in [0.3, 0.4) is 0 Å². The molecule has 33 heavy (non-hydrogen) atoms. The molecule has 2 heterocycles. The van der Waals surface area contributed by atoms with E-state index in [0.29, 0.717) is 30.0 Å². The minimum absolute atomic E-state index is 0.152. The van der Waals surface area contributed by atoms with Crippen LogP contribution in [0.4, 0.5) is 5.82 Å². The second-order valence-corrected chi connectivity index (χ2v) is 10.8. The highest BCUT2D eigenvalue weighted by atomic mass is 32.2. The second-order valence-electron chi connectivity index (χ2n) is 8.82. The Morgan fingerprint density at radius 1 is 0.909 bits per heavy atom. The maximum atomic E-state index is 13.3. The number of piperidine rings is 1. The SMILES string of the molecule is Cc1cc(C)cc(-n2nc(C)cc2NC(=O)c2cc(S(=O)(=O)N3CCCCC3)ccc2C)c1. The number of rotatable bonds is 5. The molecule has 0 unspecified atom stereocenters. The molecule has 2 aromatic carbocycles. The smallest absolute Gasteiger partial charge is 0.257 e. The summed E-state index contributed by atoms with van der Waals surface area (Å²) in [6, 6.07) is 12.7. The molecule has 0 saturated carbocycles. The predicted octanol–water partition coefficient (Wildman–Crippen LogP) is 4.53. The number of hydrogen-bond donors (Lipinski definition) is 1. The molecule has 4 rings (SSSR count). The van der Waals surface area contributed by atoms with Gasteiger partial charge in [-0.05, 0) is 81.5 Å². The van der Waals surface area contributed by atoms with Crippen molar-refractivity contribution < 1.29 is 13.2 Å². The van der Waals surface area contributed by atoms with E-state index in [4.69, 9.17) is 0 Å². The molecule has 1 saturated heterocycles. The largest absolute Gasteiger partial charge is 0.306 e. The van der Waals surface area contributed by atoms with E-state index in [1.807, 2.05) is 32.9 Å². The Morgan fingerprint density at radius 3 is 2.24 bits per heavy atom. The fourth-order valence-electron chi connectivity index (χ4n) is 4.30. The first-order chi connectivity index (χ1) is 15.6. The van der Waals surface area contributed by atoms with Gasteiger partial charge in [-0.25, -0.2) is 13.1 Å². The van der Waals surface area contributed by atoms with E-state index >= 15 is 0 Å². The van der Waals surface area contributed by atoms with E-state index in [1.54, 1.807) is 29.8 Å². The molecule has 7 nitrogen and oxygen atoms in total. The van der Waals surface area contributed by atoms with Crippen molar-refractivity contribution in [2.24, 2.45) is 0 Å². The molecule has 0 aliphatic carbocycles. The zero-order chi connectivity index (χ0) is 23.8. The number of carbonyl (C=O) groups excluding carboxylic acids is 1. The molecule has 174 valence electrons. The quantitative estimate of drug-likeness (QED) is 0.599. The fourth-order valence-corrected chi connectivity index (χ4v) is 5.85.